The molecule has 0 bridgehead atoms. The quantitative estimate of drug-likeness (QED) is 0.462. The highest BCUT2D eigenvalue weighted by Crippen LogP contribution is 2.39. The highest BCUT2D eigenvalue weighted by molar-refractivity contribution is 5.29. The number of morpholine rings is 1. The molecule has 182 valence electrons. The molecule has 9 heteroatoms. The normalized spacial score (nSPS) is 19.1. The maximum Gasteiger partial charge on any atom is 0.173 e. The topological polar surface area (TPSA) is 94.1 Å². The molecule has 34 heavy (non-hydrogen) atoms. The van der Waals surface area contributed by atoms with Crippen molar-refractivity contribution in [2.24, 2.45) is 0 Å². The van der Waals surface area contributed by atoms with Crippen LogP contribution in [0.2, 0.25) is 0 Å². The summed E-state index contributed by atoms with van der Waals surface area (Å²) in [5.74, 6) is 1.68. The van der Waals surface area contributed by atoms with Gasteiger partial charge in [-0.25, -0.2) is 4.68 Å². The van der Waals surface area contributed by atoms with E-state index < -0.39 is 0 Å². The highest BCUT2D eigenvalue weighted by Gasteiger charge is 2.32. The van der Waals surface area contributed by atoms with Crippen molar-refractivity contribution in [3.63, 3.8) is 0 Å². The van der Waals surface area contributed by atoms with E-state index in [-0.39, 0.29) is 6.04 Å². The Morgan fingerprint density at radius 1 is 1.12 bits per heavy atom. The van der Waals surface area contributed by atoms with Crippen LogP contribution in [0.1, 0.15) is 73.1 Å². The molecular weight excluding hydrogens is 430 g/mol. The van der Waals surface area contributed by atoms with Crippen molar-refractivity contribution in [2.45, 2.75) is 57.0 Å². The largest absolute Gasteiger partial charge is 0.379 e. The summed E-state index contributed by atoms with van der Waals surface area (Å²) in [5, 5.41) is 21.1. The summed E-state index contributed by atoms with van der Waals surface area (Å²) in [6.07, 6.45) is 6.41. The van der Waals surface area contributed by atoms with Crippen molar-refractivity contribution in [2.75, 3.05) is 39.4 Å². The molecule has 2 aliphatic rings. The second-order valence-corrected chi connectivity index (χ2v) is 9.35. The van der Waals surface area contributed by atoms with Gasteiger partial charge in [0, 0.05) is 37.7 Å². The lowest BCUT2D eigenvalue weighted by Gasteiger charge is -2.28. The maximum absolute atomic E-state index is 5.50. The number of nitrogens with one attached hydrogen (secondary N) is 1. The number of ether oxygens (including phenoxy) is 1. The molecule has 1 saturated carbocycles. The predicted molar refractivity (Wildman–Crippen MR) is 127 cm³/mol. The average Bonchev–Trinajstić information content (AvgIpc) is 3.51. The van der Waals surface area contributed by atoms with Crippen molar-refractivity contribution in [3.8, 4) is 0 Å². The van der Waals surface area contributed by atoms with Gasteiger partial charge in [-0.05, 0) is 41.2 Å². The van der Waals surface area contributed by atoms with Crippen LogP contribution in [-0.4, -0.2) is 69.7 Å². The molecule has 3 aromatic rings. The first-order valence-electron chi connectivity index (χ1n) is 12.6. The van der Waals surface area contributed by atoms with E-state index in [0.717, 1.165) is 82.3 Å². The number of aromatic nitrogens is 5. The molecule has 3 heterocycles. The maximum atomic E-state index is 5.50. The Labute approximate surface area is 200 Å². The lowest BCUT2D eigenvalue weighted by molar-refractivity contribution is 0.0357. The molecule has 9 nitrogen and oxygen atoms in total. The summed E-state index contributed by atoms with van der Waals surface area (Å²) in [6.45, 7) is 8.16. The highest BCUT2D eigenvalue weighted by atomic mass is 16.5. The van der Waals surface area contributed by atoms with Crippen LogP contribution in [0.25, 0.3) is 0 Å². The van der Waals surface area contributed by atoms with Crippen LogP contribution in [0, 0.1) is 0 Å². The number of tetrazole rings is 1. The third-order valence-electron chi connectivity index (χ3n) is 7.31. The van der Waals surface area contributed by atoms with E-state index in [1.165, 1.54) is 12.0 Å². The Kier molecular flexibility index (Phi) is 7.62. The van der Waals surface area contributed by atoms with Gasteiger partial charge in [-0.2, -0.15) is 0 Å². The number of hydrogen-bond donors (Lipinski definition) is 1. The zero-order valence-electron chi connectivity index (χ0n) is 20.0. The van der Waals surface area contributed by atoms with E-state index in [2.05, 4.69) is 68.2 Å². The molecule has 2 unspecified atom stereocenters. The predicted octanol–water partition coefficient (Wildman–Crippen LogP) is 3.13. The zero-order valence-corrected chi connectivity index (χ0v) is 20.0. The van der Waals surface area contributed by atoms with Crippen LogP contribution >= 0.6 is 0 Å². The number of nitrogens with zero attached hydrogens (tertiary/aromatic N) is 6. The fraction of sp³-hybridized carbons (Fsp3) is 0.600. The monoisotopic (exact) mass is 465 g/mol. The minimum absolute atomic E-state index is 0.167. The zero-order chi connectivity index (χ0) is 23.2. The van der Waals surface area contributed by atoms with Crippen molar-refractivity contribution in [1.29, 1.82) is 0 Å². The first kappa shape index (κ1) is 23.1. The molecule has 1 aliphatic heterocycles. The van der Waals surface area contributed by atoms with Crippen LogP contribution in [0.3, 0.4) is 0 Å². The standard InChI is InChI=1S/C25H35N7O2/c1-2-19(20-7-4-3-5-8-20)17-26-24(22-18-34-28-23(22)21-9-6-10-21)25-27-29-30-32(25)12-11-31-13-15-33-16-14-31/h3-5,7-8,18-19,21,24,26H,2,6,9-17H2,1H3. The smallest absolute Gasteiger partial charge is 0.173 e. The first-order chi connectivity index (χ1) is 16.8. The van der Waals surface area contributed by atoms with Gasteiger partial charge < -0.3 is 14.6 Å². The van der Waals surface area contributed by atoms with Gasteiger partial charge in [0.25, 0.3) is 0 Å². The lowest BCUT2D eigenvalue weighted by atomic mass is 9.80. The van der Waals surface area contributed by atoms with Crippen LogP contribution in [0.4, 0.5) is 0 Å². The molecule has 2 aromatic heterocycles. The summed E-state index contributed by atoms with van der Waals surface area (Å²) >= 11 is 0. The third kappa shape index (κ3) is 5.21. The van der Waals surface area contributed by atoms with Crippen molar-refractivity contribution in [3.05, 3.63) is 59.2 Å². The summed E-state index contributed by atoms with van der Waals surface area (Å²) in [7, 11) is 0. The fourth-order valence-electron chi connectivity index (χ4n) is 4.92. The van der Waals surface area contributed by atoms with Crippen LogP contribution in [0.15, 0.2) is 41.1 Å². The third-order valence-corrected chi connectivity index (χ3v) is 7.31. The number of benzene rings is 1. The Balaban J connectivity index is 1.38. The van der Waals surface area contributed by atoms with Gasteiger partial charge >= 0.3 is 0 Å². The Hall–Kier alpha value is -2.62. The van der Waals surface area contributed by atoms with Gasteiger partial charge in [-0.15, -0.1) is 5.10 Å². The second-order valence-electron chi connectivity index (χ2n) is 9.35. The average molecular weight is 466 g/mol. The molecule has 1 aromatic carbocycles. The van der Waals surface area contributed by atoms with Crippen LogP contribution in [-0.2, 0) is 11.3 Å². The SMILES string of the molecule is CCC(CNC(c1conc1C1CCC1)c1nnnn1CCN1CCOCC1)c1ccccc1. The lowest BCUT2D eigenvalue weighted by Crippen LogP contribution is -2.39. The van der Waals surface area contributed by atoms with Gasteiger partial charge in [0.15, 0.2) is 5.82 Å². The van der Waals surface area contributed by atoms with Gasteiger partial charge in [-0.1, -0.05) is 48.8 Å². The van der Waals surface area contributed by atoms with Crippen molar-refractivity contribution < 1.29 is 9.26 Å². The summed E-state index contributed by atoms with van der Waals surface area (Å²) in [6, 6.07) is 10.5. The number of rotatable bonds is 11. The van der Waals surface area contributed by atoms with Gasteiger partial charge in [-0.3, -0.25) is 4.90 Å². The minimum atomic E-state index is -0.167. The summed E-state index contributed by atoms with van der Waals surface area (Å²) in [5.41, 5.74) is 3.46. The molecule has 1 N–H and O–H groups in total. The van der Waals surface area contributed by atoms with Crippen LogP contribution in [0.5, 0.6) is 0 Å². The van der Waals surface area contributed by atoms with Gasteiger partial charge in [0.2, 0.25) is 0 Å². The van der Waals surface area contributed by atoms with Crippen molar-refractivity contribution >= 4 is 0 Å². The molecule has 0 spiro atoms. The van der Waals surface area contributed by atoms with Gasteiger partial charge in [0.1, 0.15) is 6.26 Å². The molecule has 2 fully saturated rings. The van der Waals surface area contributed by atoms with E-state index in [9.17, 15) is 0 Å². The Bertz CT molecular complexity index is 1010. The Morgan fingerprint density at radius 3 is 2.68 bits per heavy atom. The molecule has 0 radical (unpaired) electrons. The van der Waals surface area contributed by atoms with Crippen molar-refractivity contribution in [1.82, 2.24) is 35.6 Å². The first-order valence-corrected chi connectivity index (χ1v) is 12.6. The van der Waals surface area contributed by atoms with Crippen LogP contribution < -0.4 is 5.32 Å². The van der Waals surface area contributed by atoms with E-state index in [1.54, 1.807) is 6.26 Å². The fourth-order valence-corrected chi connectivity index (χ4v) is 4.92. The van der Waals surface area contributed by atoms with E-state index in [0.29, 0.717) is 11.8 Å². The summed E-state index contributed by atoms with van der Waals surface area (Å²) in [4.78, 5) is 2.40. The van der Waals surface area contributed by atoms with E-state index >= 15 is 0 Å². The molecule has 2 atom stereocenters. The van der Waals surface area contributed by atoms with E-state index in [4.69, 9.17) is 9.26 Å². The summed E-state index contributed by atoms with van der Waals surface area (Å²) < 4.78 is 12.9. The molecule has 5 rings (SSSR count). The number of hydrogen-bond acceptors (Lipinski definition) is 8. The minimum Gasteiger partial charge on any atom is -0.379 e. The van der Waals surface area contributed by atoms with E-state index in [1.807, 2.05) is 4.68 Å². The molecule has 1 saturated heterocycles. The molecule has 0 amide bonds. The Morgan fingerprint density at radius 2 is 1.94 bits per heavy atom. The second kappa shape index (κ2) is 11.2. The van der Waals surface area contributed by atoms with Gasteiger partial charge in [0.05, 0.1) is 31.5 Å². The molecular formula is C25H35N7O2. The molecule has 1 aliphatic carbocycles.